The fraction of sp³-hybridized carbons (Fsp3) is 0.250. The lowest BCUT2D eigenvalue weighted by molar-refractivity contribution is 0.340. The molecule has 0 atom stereocenters. The van der Waals surface area contributed by atoms with Crippen molar-refractivity contribution in [2.75, 3.05) is 11.4 Å². The minimum absolute atomic E-state index is 0.646. The third-order valence-electron chi connectivity index (χ3n) is 1.38. The van der Waals surface area contributed by atoms with Crippen LogP contribution in [0.3, 0.4) is 0 Å². The van der Waals surface area contributed by atoms with Crippen LogP contribution in [0.15, 0.2) is 23.1 Å². The first-order valence-corrected chi connectivity index (χ1v) is 4.43. The van der Waals surface area contributed by atoms with Crippen LogP contribution in [0.4, 0.5) is 5.69 Å². The van der Waals surface area contributed by atoms with Gasteiger partial charge in [-0.15, -0.1) is 12.6 Å². The van der Waals surface area contributed by atoms with Crippen LogP contribution in [-0.4, -0.2) is 6.61 Å². The fourth-order valence-electron chi connectivity index (χ4n) is 0.847. The monoisotopic (exact) mass is 203 g/mol. The predicted octanol–water partition coefficient (Wildman–Crippen LogP) is 2.94. The van der Waals surface area contributed by atoms with Gasteiger partial charge in [-0.2, -0.15) is 0 Å². The van der Waals surface area contributed by atoms with Crippen LogP contribution in [0.1, 0.15) is 6.92 Å². The molecule has 0 radical (unpaired) electrons. The van der Waals surface area contributed by atoms with Crippen LogP contribution < -0.4 is 9.57 Å². The zero-order valence-electron chi connectivity index (χ0n) is 6.67. The molecule has 0 saturated carbocycles. The zero-order valence-corrected chi connectivity index (χ0v) is 8.32. The molecule has 0 saturated heterocycles. The minimum Gasteiger partial charge on any atom is -0.494 e. The fourth-order valence-corrected chi connectivity index (χ4v) is 1.26. The van der Waals surface area contributed by atoms with E-state index in [1.807, 2.05) is 19.1 Å². The van der Waals surface area contributed by atoms with E-state index in [1.165, 1.54) is 0 Å². The summed E-state index contributed by atoms with van der Waals surface area (Å²) in [5.41, 5.74) is 0.756. The van der Waals surface area contributed by atoms with Crippen LogP contribution in [-0.2, 0) is 0 Å². The van der Waals surface area contributed by atoms with E-state index in [0.717, 1.165) is 16.3 Å². The van der Waals surface area contributed by atoms with Crippen LogP contribution in [0.25, 0.3) is 0 Å². The third-order valence-corrected chi connectivity index (χ3v) is 1.97. The molecule has 0 heterocycles. The SMILES string of the molecule is CCOc1ccc(S)c(NCl)c1. The number of hydrogen-bond donors (Lipinski definition) is 2. The van der Waals surface area contributed by atoms with Crippen molar-refractivity contribution in [3.8, 4) is 5.75 Å². The van der Waals surface area contributed by atoms with Gasteiger partial charge in [0.25, 0.3) is 0 Å². The summed E-state index contributed by atoms with van der Waals surface area (Å²) in [6.45, 7) is 2.58. The molecule has 0 bridgehead atoms. The molecule has 0 unspecified atom stereocenters. The van der Waals surface area contributed by atoms with E-state index in [0.29, 0.717) is 6.61 Å². The van der Waals surface area contributed by atoms with Gasteiger partial charge in [0.15, 0.2) is 0 Å². The number of thiol groups is 1. The van der Waals surface area contributed by atoms with E-state index in [2.05, 4.69) is 17.5 Å². The quantitative estimate of drug-likeness (QED) is 0.582. The Hall–Kier alpha value is -0.540. The number of anilines is 1. The highest BCUT2D eigenvalue weighted by Crippen LogP contribution is 2.25. The van der Waals surface area contributed by atoms with Crippen molar-refractivity contribution in [3.05, 3.63) is 18.2 Å². The second-order valence-corrected chi connectivity index (χ2v) is 2.88. The Bertz CT molecular complexity index is 267. The van der Waals surface area contributed by atoms with Crippen molar-refractivity contribution in [3.63, 3.8) is 0 Å². The van der Waals surface area contributed by atoms with Gasteiger partial charge >= 0.3 is 0 Å². The summed E-state index contributed by atoms with van der Waals surface area (Å²) >= 11 is 9.64. The lowest BCUT2D eigenvalue weighted by Crippen LogP contribution is -1.92. The number of ether oxygens (including phenoxy) is 1. The molecule has 1 N–H and O–H groups in total. The number of rotatable bonds is 3. The molecule has 0 aliphatic heterocycles. The molecular weight excluding hydrogens is 194 g/mol. The van der Waals surface area contributed by atoms with Gasteiger partial charge in [-0.05, 0) is 19.1 Å². The lowest BCUT2D eigenvalue weighted by Gasteiger charge is -2.06. The van der Waals surface area contributed by atoms with Crippen molar-refractivity contribution >= 4 is 30.1 Å². The Balaban J connectivity index is 2.89. The van der Waals surface area contributed by atoms with Crippen molar-refractivity contribution < 1.29 is 4.74 Å². The van der Waals surface area contributed by atoms with E-state index in [9.17, 15) is 0 Å². The largest absolute Gasteiger partial charge is 0.494 e. The summed E-state index contributed by atoms with van der Waals surface area (Å²) in [5, 5.41) is 0. The highest BCUT2D eigenvalue weighted by molar-refractivity contribution is 7.80. The van der Waals surface area contributed by atoms with Crippen LogP contribution in [0.2, 0.25) is 0 Å². The highest BCUT2D eigenvalue weighted by Gasteiger charge is 1.99. The molecule has 1 rings (SSSR count). The first kappa shape index (κ1) is 9.55. The van der Waals surface area contributed by atoms with Gasteiger partial charge in [-0.1, -0.05) is 0 Å². The van der Waals surface area contributed by atoms with Gasteiger partial charge < -0.3 is 4.74 Å². The molecule has 0 aliphatic carbocycles. The van der Waals surface area contributed by atoms with Crippen molar-refractivity contribution in [1.82, 2.24) is 0 Å². The molecule has 0 aliphatic rings. The molecule has 0 spiro atoms. The van der Waals surface area contributed by atoms with Crippen molar-refractivity contribution in [2.45, 2.75) is 11.8 Å². The predicted molar refractivity (Wildman–Crippen MR) is 54.3 cm³/mol. The normalized spacial score (nSPS) is 9.58. The van der Waals surface area contributed by atoms with Crippen LogP contribution in [0, 0.1) is 0 Å². The zero-order chi connectivity index (χ0) is 8.97. The van der Waals surface area contributed by atoms with Gasteiger partial charge in [0.05, 0.1) is 12.3 Å². The maximum absolute atomic E-state index is 5.45. The number of benzene rings is 1. The van der Waals surface area contributed by atoms with E-state index in [1.54, 1.807) is 6.07 Å². The van der Waals surface area contributed by atoms with Gasteiger partial charge in [0.2, 0.25) is 0 Å². The Labute approximate surface area is 82.4 Å². The molecule has 0 fully saturated rings. The number of hydrogen-bond acceptors (Lipinski definition) is 3. The second-order valence-electron chi connectivity index (χ2n) is 2.21. The maximum atomic E-state index is 5.45. The lowest BCUT2D eigenvalue weighted by atomic mass is 10.3. The molecular formula is C8H10ClNOS. The van der Waals surface area contributed by atoms with E-state index >= 15 is 0 Å². The van der Waals surface area contributed by atoms with Crippen molar-refractivity contribution in [2.24, 2.45) is 0 Å². The van der Waals surface area contributed by atoms with Crippen LogP contribution in [0.5, 0.6) is 5.75 Å². The topological polar surface area (TPSA) is 21.3 Å². The molecule has 66 valence electrons. The summed E-state index contributed by atoms with van der Waals surface area (Å²) in [6.07, 6.45) is 0. The molecule has 1 aromatic rings. The Morgan fingerprint density at radius 3 is 2.92 bits per heavy atom. The molecule has 2 nitrogen and oxygen atoms in total. The molecule has 12 heavy (non-hydrogen) atoms. The maximum Gasteiger partial charge on any atom is 0.121 e. The first-order chi connectivity index (χ1) is 5.77. The summed E-state index contributed by atoms with van der Waals surface area (Å²) < 4.78 is 5.27. The molecule has 4 heteroatoms. The average molecular weight is 204 g/mol. The van der Waals surface area contributed by atoms with E-state index in [-0.39, 0.29) is 0 Å². The van der Waals surface area contributed by atoms with Crippen LogP contribution >= 0.6 is 24.4 Å². The molecule has 0 amide bonds. The summed E-state index contributed by atoms with van der Waals surface area (Å²) in [7, 11) is 0. The van der Waals surface area contributed by atoms with Gasteiger partial charge in [0, 0.05) is 22.7 Å². The first-order valence-electron chi connectivity index (χ1n) is 3.60. The summed E-state index contributed by atoms with van der Waals surface area (Å²) in [6, 6.07) is 5.49. The standard InChI is InChI=1S/C8H10ClNOS/c1-2-11-6-3-4-8(12)7(5-6)10-9/h3-5,10,12H,2H2,1H3. The summed E-state index contributed by atoms with van der Waals surface area (Å²) in [4.78, 5) is 3.31. The molecule has 0 aromatic heterocycles. The summed E-state index contributed by atoms with van der Waals surface area (Å²) in [5.74, 6) is 0.790. The number of halogens is 1. The molecule has 1 aromatic carbocycles. The Morgan fingerprint density at radius 1 is 1.58 bits per heavy atom. The smallest absolute Gasteiger partial charge is 0.121 e. The van der Waals surface area contributed by atoms with Gasteiger partial charge in [0.1, 0.15) is 5.75 Å². The Kier molecular flexibility index (Phi) is 3.56. The van der Waals surface area contributed by atoms with Crippen molar-refractivity contribution in [1.29, 1.82) is 0 Å². The average Bonchev–Trinajstić information content (AvgIpc) is 2.09. The van der Waals surface area contributed by atoms with Gasteiger partial charge in [-0.3, -0.25) is 4.84 Å². The third kappa shape index (κ3) is 2.22. The van der Waals surface area contributed by atoms with E-state index in [4.69, 9.17) is 16.5 Å². The highest BCUT2D eigenvalue weighted by atomic mass is 35.5. The minimum atomic E-state index is 0.646. The van der Waals surface area contributed by atoms with Gasteiger partial charge in [-0.25, -0.2) is 0 Å². The number of nitrogens with one attached hydrogen (secondary N) is 1. The van der Waals surface area contributed by atoms with E-state index < -0.39 is 0 Å². The second kappa shape index (κ2) is 4.48. The Morgan fingerprint density at radius 2 is 2.33 bits per heavy atom.